The maximum Gasteiger partial charge on any atom is 0.192 e. The van der Waals surface area contributed by atoms with Crippen LogP contribution in [0.1, 0.15) is 0 Å². The van der Waals surface area contributed by atoms with Crippen LogP contribution in [0.5, 0.6) is 0 Å². The minimum atomic E-state index is -0.0683. The van der Waals surface area contributed by atoms with Crippen LogP contribution in [0.3, 0.4) is 0 Å². The van der Waals surface area contributed by atoms with Crippen molar-refractivity contribution < 1.29 is 5.11 Å². The fraction of sp³-hybridized carbons (Fsp3) is 0.800. The van der Waals surface area contributed by atoms with E-state index in [0.29, 0.717) is 19.0 Å². The van der Waals surface area contributed by atoms with E-state index in [1.165, 1.54) is 0 Å². The van der Waals surface area contributed by atoms with Gasteiger partial charge >= 0.3 is 0 Å². The fourth-order valence-corrected chi connectivity index (χ4v) is 0.738. The van der Waals surface area contributed by atoms with Gasteiger partial charge in [-0.15, -0.1) is 0 Å². The summed E-state index contributed by atoms with van der Waals surface area (Å²) in [6.07, 6.45) is -0.0683. The third-order valence-corrected chi connectivity index (χ3v) is 1.17. The predicted octanol–water partition coefficient (Wildman–Crippen LogP) is -2.19. The highest BCUT2D eigenvalue weighted by molar-refractivity contribution is 5.81. The van der Waals surface area contributed by atoms with Crippen molar-refractivity contribution in [1.82, 2.24) is 10.6 Å². The molecule has 1 unspecified atom stereocenters. The number of hydrogen-bond acceptors (Lipinski definition) is 5. The number of aliphatic imine (C=N–C) groups is 1. The Labute approximate surface area is 59.3 Å². The summed E-state index contributed by atoms with van der Waals surface area (Å²) in [6.45, 7) is 1.22. The first-order valence-corrected chi connectivity index (χ1v) is 3.24. The van der Waals surface area contributed by atoms with Gasteiger partial charge in [-0.3, -0.25) is 0 Å². The maximum absolute atomic E-state index is 8.42. The van der Waals surface area contributed by atoms with Gasteiger partial charge in [-0.05, 0) is 0 Å². The molecule has 5 N–H and O–H groups in total. The van der Waals surface area contributed by atoms with Crippen molar-refractivity contribution in [3.05, 3.63) is 0 Å². The largest absolute Gasteiger partial charge is 0.395 e. The van der Waals surface area contributed by atoms with E-state index < -0.39 is 0 Å². The summed E-state index contributed by atoms with van der Waals surface area (Å²) < 4.78 is 0. The molecule has 0 aromatic carbocycles. The highest BCUT2D eigenvalue weighted by Crippen LogP contribution is 1.85. The Hall–Kier alpha value is -0.810. The van der Waals surface area contributed by atoms with Gasteiger partial charge in [-0.2, -0.15) is 0 Å². The summed E-state index contributed by atoms with van der Waals surface area (Å²) in [6, 6.07) is 0. The molecule has 0 aromatic rings. The van der Waals surface area contributed by atoms with Crippen molar-refractivity contribution in [3.8, 4) is 0 Å². The molecule has 1 aliphatic rings. The van der Waals surface area contributed by atoms with Gasteiger partial charge in [0.05, 0.1) is 19.3 Å². The van der Waals surface area contributed by atoms with Gasteiger partial charge in [0, 0.05) is 6.54 Å². The second-order valence-corrected chi connectivity index (χ2v) is 2.09. The monoisotopic (exact) mass is 144 g/mol. The van der Waals surface area contributed by atoms with Crippen LogP contribution in [0, 0.1) is 0 Å². The SMILES string of the molecule is NC1CN=C(NCCO)N1. The quantitative estimate of drug-likeness (QED) is 0.355. The van der Waals surface area contributed by atoms with E-state index in [-0.39, 0.29) is 12.8 Å². The van der Waals surface area contributed by atoms with Crippen LogP contribution < -0.4 is 16.4 Å². The molecule has 10 heavy (non-hydrogen) atoms. The van der Waals surface area contributed by atoms with Crippen molar-refractivity contribution in [2.45, 2.75) is 6.17 Å². The van der Waals surface area contributed by atoms with E-state index in [1.807, 2.05) is 0 Å². The Morgan fingerprint density at radius 2 is 2.70 bits per heavy atom. The van der Waals surface area contributed by atoms with Gasteiger partial charge in [-0.25, -0.2) is 4.99 Å². The molecule has 0 saturated carbocycles. The van der Waals surface area contributed by atoms with Crippen LogP contribution in [0.4, 0.5) is 0 Å². The van der Waals surface area contributed by atoms with Crippen molar-refractivity contribution in [1.29, 1.82) is 0 Å². The summed E-state index contributed by atoms with van der Waals surface area (Å²) in [4.78, 5) is 4.01. The lowest BCUT2D eigenvalue weighted by molar-refractivity contribution is 0.300. The van der Waals surface area contributed by atoms with Crippen molar-refractivity contribution >= 4 is 5.96 Å². The summed E-state index contributed by atoms with van der Waals surface area (Å²) in [5.41, 5.74) is 5.47. The van der Waals surface area contributed by atoms with Gasteiger partial charge in [-0.1, -0.05) is 0 Å². The van der Waals surface area contributed by atoms with Crippen LogP contribution in [0.25, 0.3) is 0 Å². The zero-order valence-electron chi connectivity index (χ0n) is 5.67. The first-order valence-electron chi connectivity index (χ1n) is 3.24. The molecule has 0 amide bonds. The summed E-state index contributed by atoms with van der Waals surface area (Å²) in [5, 5.41) is 14.2. The molecule has 0 saturated heterocycles. The topological polar surface area (TPSA) is 82.7 Å². The van der Waals surface area contributed by atoms with Gasteiger partial charge in [0.1, 0.15) is 0 Å². The Morgan fingerprint density at radius 3 is 3.20 bits per heavy atom. The fourth-order valence-electron chi connectivity index (χ4n) is 0.738. The smallest absolute Gasteiger partial charge is 0.192 e. The number of nitrogens with zero attached hydrogens (tertiary/aromatic N) is 1. The molecule has 5 heteroatoms. The van der Waals surface area contributed by atoms with Crippen molar-refractivity contribution in [2.75, 3.05) is 19.7 Å². The average Bonchev–Trinajstić information content (AvgIpc) is 2.31. The van der Waals surface area contributed by atoms with E-state index in [4.69, 9.17) is 10.8 Å². The molecule has 0 radical (unpaired) electrons. The Bertz CT molecular complexity index is 136. The lowest BCUT2D eigenvalue weighted by atomic mass is 10.6. The van der Waals surface area contributed by atoms with E-state index in [1.54, 1.807) is 0 Å². The average molecular weight is 144 g/mol. The van der Waals surface area contributed by atoms with E-state index in [0.717, 1.165) is 0 Å². The molecule has 1 heterocycles. The lowest BCUT2D eigenvalue weighted by Gasteiger charge is -2.06. The van der Waals surface area contributed by atoms with E-state index in [2.05, 4.69) is 15.6 Å². The summed E-state index contributed by atoms with van der Waals surface area (Å²) in [7, 11) is 0. The minimum Gasteiger partial charge on any atom is -0.395 e. The number of nitrogens with one attached hydrogen (secondary N) is 2. The van der Waals surface area contributed by atoms with Crippen LogP contribution in [-0.4, -0.2) is 36.9 Å². The van der Waals surface area contributed by atoms with Crippen molar-refractivity contribution in [3.63, 3.8) is 0 Å². The molecule has 58 valence electrons. The molecule has 5 nitrogen and oxygen atoms in total. The normalized spacial score (nSPS) is 23.8. The molecule has 0 aliphatic carbocycles. The van der Waals surface area contributed by atoms with E-state index >= 15 is 0 Å². The number of rotatable bonds is 2. The van der Waals surface area contributed by atoms with Gasteiger partial charge in [0.2, 0.25) is 0 Å². The third kappa shape index (κ3) is 1.85. The van der Waals surface area contributed by atoms with Gasteiger partial charge in [0.25, 0.3) is 0 Å². The summed E-state index contributed by atoms with van der Waals surface area (Å²) >= 11 is 0. The molecule has 1 aliphatic heterocycles. The second-order valence-electron chi connectivity index (χ2n) is 2.09. The first kappa shape index (κ1) is 7.30. The molecule has 0 bridgehead atoms. The Kier molecular flexibility index (Phi) is 2.47. The number of aliphatic hydroxyl groups excluding tert-OH is 1. The summed E-state index contributed by atoms with van der Waals surface area (Å²) in [5.74, 6) is 0.682. The van der Waals surface area contributed by atoms with Gasteiger partial charge in [0.15, 0.2) is 5.96 Å². The predicted molar refractivity (Wildman–Crippen MR) is 38.5 cm³/mol. The van der Waals surface area contributed by atoms with Crippen LogP contribution in [-0.2, 0) is 0 Å². The van der Waals surface area contributed by atoms with Crippen LogP contribution in [0.15, 0.2) is 4.99 Å². The number of guanidine groups is 1. The Balaban J connectivity index is 2.17. The number of nitrogens with two attached hydrogens (primary N) is 1. The highest BCUT2D eigenvalue weighted by Gasteiger charge is 2.10. The minimum absolute atomic E-state index is 0.0683. The molecule has 0 fully saturated rings. The zero-order valence-corrected chi connectivity index (χ0v) is 5.67. The molecule has 1 atom stereocenters. The highest BCUT2D eigenvalue weighted by atomic mass is 16.3. The molecule has 0 spiro atoms. The first-order chi connectivity index (χ1) is 4.83. The maximum atomic E-state index is 8.42. The zero-order chi connectivity index (χ0) is 7.40. The number of aliphatic hydroxyl groups is 1. The standard InChI is InChI=1S/C5H12N4O/c6-4-3-8-5(9-4)7-1-2-10/h4,10H,1-3,6H2,(H2,7,8,9). The molecular formula is C5H12N4O. The van der Waals surface area contributed by atoms with Crippen LogP contribution in [0.2, 0.25) is 0 Å². The van der Waals surface area contributed by atoms with E-state index in [9.17, 15) is 0 Å². The van der Waals surface area contributed by atoms with Gasteiger partial charge < -0.3 is 21.5 Å². The van der Waals surface area contributed by atoms with Crippen LogP contribution >= 0.6 is 0 Å². The molecular weight excluding hydrogens is 132 g/mol. The molecule has 0 aromatic heterocycles. The number of hydrogen-bond donors (Lipinski definition) is 4. The lowest BCUT2D eigenvalue weighted by Crippen LogP contribution is -2.44. The van der Waals surface area contributed by atoms with Crippen molar-refractivity contribution in [2.24, 2.45) is 10.7 Å². The third-order valence-electron chi connectivity index (χ3n) is 1.17. The molecule has 1 rings (SSSR count). The Morgan fingerprint density at radius 1 is 1.90 bits per heavy atom. The second kappa shape index (κ2) is 3.38.